The normalized spacial score (nSPS) is 11.0. The van der Waals surface area contributed by atoms with E-state index in [9.17, 15) is 27.9 Å². The third-order valence-corrected chi connectivity index (χ3v) is 6.33. The standard InChI is InChI=1S/C32H32F3NO3/c1-2-3-4-5-6-7-24-8-10-25(11-9-24)12-13-26-14-16-27(17-15-26)22-36(30(37)31(38)39)23-28-18-20-29(21-19-28)32(33,34)35/h8-11,14-21H,2-7,22-23H2,1H3,(H,38,39). The van der Waals surface area contributed by atoms with Gasteiger partial charge >= 0.3 is 18.1 Å². The molecular weight excluding hydrogens is 503 g/mol. The largest absolute Gasteiger partial charge is 0.474 e. The van der Waals surface area contributed by atoms with Gasteiger partial charge in [-0.15, -0.1) is 0 Å². The first-order valence-corrected chi connectivity index (χ1v) is 13.0. The van der Waals surface area contributed by atoms with Crippen LogP contribution in [0.15, 0.2) is 72.8 Å². The van der Waals surface area contributed by atoms with E-state index in [2.05, 4.69) is 30.9 Å². The first-order valence-electron chi connectivity index (χ1n) is 13.0. The summed E-state index contributed by atoms with van der Waals surface area (Å²) in [5, 5.41) is 9.21. The molecule has 3 aromatic carbocycles. The van der Waals surface area contributed by atoms with Crippen molar-refractivity contribution in [3.63, 3.8) is 0 Å². The SMILES string of the molecule is CCCCCCCc1ccc(C#Cc2ccc(CN(Cc3ccc(C(F)(F)F)cc3)C(=O)C(=O)O)cc2)cc1. The zero-order valence-electron chi connectivity index (χ0n) is 21.9. The van der Waals surface area contributed by atoms with E-state index in [1.807, 2.05) is 12.1 Å². The highest BCUT2D eigenvalue weighted by atomic mass is 19.4. The van der Waals surface area contributed by atoms with Crippen LogP contribution in [0.5, 0.6) is 0 Å². The number of carbonyl (C=O) groups excluding carboxylic acids is 1. The molecule has 0 spiro atoms. The van der Waals surface area contributed by atoms with Crippen molar-refractivity contribution < 1.29 is 27.9 Å². The number of rotatable bonds is 10. The van der Waals surface area contributed by atoms with Gasteiger partial charge in [0.05, 0.1) is 5.56 Å². The van der Waals surface area contributed by atoms with E-state index in [0.29, 0.717) is 11.1 Å². The Hall–Kier alpha value is -4.05. The Morgan fingerprint density at radius 2 is 1.18 bits per heavy atom. The monoisotopic (exact) mass is 535 g/mol. The summed E-state index contributed by atoms with van der Waals surface area (Å²) in [6.45, 7) is 2.06. The van der Waals surface area contributed by atoms with Crippen LogP contribution < -0.4 is 0 Å². The molecule has 0 aromatic heterocycles. The lowest BCUT2D eigenvalue weighted by atomic mass is 10.0. The van der Waals surface area contributed by atoms with Crippen molar-refractivity contribution in [2.75, 3.05) is 0 Å². The highest BCUT2D eigenvalue weighted by Crippen LogP contribution is 2.29. The summed E-state index contributed by atoms with van der Waals surface area (Å²) >= 11 is 0. The second kappa shape index (κ2) is 14.2. The Morgan fingerprint density at radius 3 is 1.64 bits per heavy atom. The van der Waals surface area contributed by atoms with Crippen molar-refractivity contribution in [1.82, 2.24) is 4.90 Å². The van der Waals surface area contributed by atoms with Crippen molar-refractivity contribution >= 4 is 11.9 Å². The molecule has 0 atom stereocenters. The number of unbranched alkanes of at least 4 members (excludes halogenated alkanes) is 4. The Morgan fingerprint density at radius 1 is 0.718 bits per heavy atom. The summed E-state index contributed by atoms with van der Waals surface area (Å²) in [6.07, 6.45) is 2.85. The van der Waals surface area contributed by atoms with Crippen molar-refractivity contribution in [3.05, 3.63) is 106 Å². The van der Waals surface area contributed by atoms with Crippen molar-refractivity contribution in [1.29, 1.82) is 0 Å². The molecule has 3 rings (SSSR count). The number of nitrogens with zero attached hydrogens (tertiary/aromatic N) is 1. The van der Waals surface area contributed by atoms with Gasteiger partial charge in [0.2, 0.25) is 0 Å². The van der Waals surface area contributed by atoms with E-state index in [-0.39, 0.29) is 13.1 Å². The van der Waals surface area contributed by atoms with Gasteiger partial charge in [-0.25, -0.2) is 4.79 Å². The number of halogens is 3. The molecule has 39 heavy (non-hydrogen) atoms. The number of benzene rings is 3. The number of aliphatic carboxylic acids is 1. The number of hydrogen-bond donors (Lipinski definition) is 1. The fourth-order valence-electron chi connectivity index (χ4n) is 4.10. The Bertz CT molecular complexity index is 1290. The van der Waals surface area contributed by atoms with Gasteiger partial charge in [0.1, 0.15) is 0 Å². The number of carboxylic acids is 1. The number of amides is 1. The summed E-state index contributed by atoms with van der Waals surface area (Å²) in [6, 6.07) is 19.6. The summed E-state index contributed by atoms with van der Waals surface area (Å²) in [4.78, 5) is 24.7. The number of carbonyl (C=O) groups is 2. The van der Waals surface area contributed by atoms with Gasteiger partial charge in [-0.2, -0.15) is 13.2 Å². The van der Waals surface area contributed by atoms with E-state index in [4.69, 9.17) is 0 Å². The Kier molecular flexibility index (Phi) is 10.7. The van der Waals surface area contributed by atoms with Gasteiger partial charge in [0.15, 0.2) is 0 Å². The topological polar surface area (TPSA) is 57.6 Å². The lowest BCUT2D eigenvalue weighted by Crippen LogP contribution is -2.35. The Labute approximate surface area is 227 Å². The van der Waals surface area contributed by atoms with Crippen LogP contribution in [-0.4, -0.2) is 21.9 Å². The highest BCUT2D eigenvalue weighted by Gasteiger charge is 2.30. The van der Waals surface area contributed by atoms with E-state index >= 15 is 0 Å². The molecule has 7 heteroatoms. The third-order valence-electron chi connectivity index (χ3n) is 6.33. The molecule has 3 aromatic rings. The maximum absolute atomic E-state index is 12.8. The van der Waals surface area contributed by atoms with E-state index < -0.39 is 23.6 Å². The van der Waals surface area contributed by atoms with Gasteiger partial charge < -0.3 is 10.0 Å². The summed E-state index contributed by atoms with van der Waals surface area (Å²) in [5.74, 6) is 3.48. The molecule has 0 aliphatic rings. The van der Waals surface area contributed by atoms with Gasteiger partial charge in [-0.1, -0.05) is 80.8 Å². The molecule has 0 radical (unpaired) electrons. The molecule has 0 unspecified atom stereocenters. The first kappa shape index (κ1) is 29.5. The molecule has 0 aliphatic carbocycles. The molecule has 0 fully saturated rings. The second-order valence-electron chi connectivity index (χ2n) is 9.47. The molecule has 1 N–H and O–H groups in total. The van der Waals surface area contributed by atoms with Crippen LogP contribution in [0.1, 0.15) is 72.4 Å². The fraction of sp³-hybridized carbons (Fsp3) is 0.312. The third kappa shape index (κ3) is 9.64. The zero-order valence-corrected chi connectivity index (χ0v) is 21.9. The van der Waals surface area contributed by atoms with Crippen LogP contribution in [0.3, 0.4) is 0 Å². The molecule has 1 amide bonds. The van der Waals surface area contributed by atoms with Crippen molar-refractivity contribution in [3.8, 4) is 11.8 Å². The summed E-state index contributed by atoms with van der Waals surface area (Å²) in [5.41, 5.74) is 3.22. The smallest absolute Gasteiger partial charge is 0.416 e. The van der Waals surface area contributed by atoms with Crippen molar-refractivity contribution in [2.45, 2.75) is 64.7 Å². The summed E-state index contributed by atoms with van der Waals surface area (Å²) in [7, 11) is 0. The van der Waals surface area contributed by atoms with Crippen LogP contribution in [0.4, 0.5) is 13.2 Å². The van der Waals surface area contributed by atoms with E-state index in [1.54, 1.807) is 24.3 Å². The van der Waals surface area contributed by atoms with E-state index in [0.717, 1.165) is 34.6 Å². The maximum atomic E-state index is 12.8. The van der Waals surface area contributed by atoms with Gasteiger partial charge in [0, 0.05) is 24.2 Å². The predicted octanol–water partition coefficient (Wildman–Crippen LogP) is 7.23. The Balaban J connectivity index is 1.61. The predicted molar refractivity (Wildman–Crippen MR) is 145 cm³/mol. The quantitative estimate of drug-likeness (QED) is 0.169. The van der Waals surface area contributed by atoms with Crippen LogP contribution in [0.2, 0.25) is 0 Å². The second-order valence-corrected chi connectivity index (χ2v) is 9.47. The molecule has 4 nitrogen and oxygen atoms in total. The number of carboxylic acid groups (broad SMARTS) is 1. The molecular formula is C32H32F3NO3. The number of hydrogen-bond acceptors (Lipinski definition) is 2. The minimum Gasteiger partial charge on any atom is -0.474 e. The van der Waals surface area contributed by atoms with Crippen LogP contribution in [-0.2, 0) is 35.3 Å². The lowest BCUT2D eigenvalue weighted by molar-refractivity contribution is -0.156. The van der Waals surface area contributed by atoms with E-state index in [1.165, 1.54) is 49.8 Å². The maximum Gasteiger partial charge on any atom is 0.416 e. The molecule has 0 aliphatic heterocycles. The minimum atomic E-state index is -4.48. The summed E-state index contributed by atoms with van der Waals surface area (Å²) < 4.78 is 38.5. The van der Waals surface area contributed by atoms with Gasteiger partial charge in [-0.05, 0) is 65.9 Å². The number of alkyl halides is 3. The van der Waals surface area contributed by atoms with Crippen LogP contribution in [0, 0.1) is 11.8 Å². The molecule has 0 heterocycles. The zero-order chi connectivity index (χ0) is 28.3. The highest BCUT2D eigenvalue weighted by molar-refractivity contribution is 6.31. The molecule has 0 saturated heterocycles. The first-order chi connectivity index (χ1) is 18.7. The average molecular weight is 536 g/mol. The van der Waals surface area contributed by atoms with Crippen molar-refractivity contribution in [2.24, 2.45) is 0 Å². The molecule has 0 saturated carbocycles. The van der Waals surface area contributed by atoms with Crippen LogP contribution in [0.25, 0.3) is 0 Å². The average Bonchev–Trinajstić information content (AvgIpc) is 2.92. The fourth-order valence-corrected chi connectivity index (χ4v) is 4.10. The van der Waals surface area contributed by atoms with Gasteiger partial charge in [-0.3, -0.25) is 4.79 Å². The molecule has 0 bridgehead atoms. The molecule has 204 valence electrons. The minimum absolute atomic E-state index is 0.0141. The van der Waals surface area contributed by atoms with Crippen LogP contribution >= 0.6 is 0 Å². The lowest BCUT2D eigenvalue weighted by Gasteiger charge is -2.21. The van der Waals surface area contributed by atoms with Gasteiger partial charge in [0.25, 0.3) is 0 Å². The number of aryl methyl sites for hydroxylation is 1.